The minimum atomic E-state index is -0.272. The van der Waals surface area contributed by atoms with Gasteiger partial charge in [0, 0.05) is 16.8 Å². The van der Waals surface area contributed by atoms with Gasteiger partial charge in [0.05, 0.1) is 6.04 Å². The van der Waals surface area contributed by atoms with Crippen molar-refractivity contribution >= 4 is 17.4 Å². The minimum absolute atomic E-state index is 0.272. The molecule has 0 saturated heterocycles. The number of nitrogens with two attached hydrogens (primary N) is 2. The molecule has 18 heavy (non-hydrogen) atoms. The number of nitrogens with one attached hydrogen (secondary N) is 1. The third-order valence-electron chi connectivity index (χ3n) is 2.78. The van der Waals surface area contributed by atoms with Crippen LogP contribution in [0.4, 0.5) is 5.82 Å². The molecule has 0 aliphatic heterocycles. The summed E-state index contributed by atoms with van der Waals surface area (Å²) in [7, 11) is 0. The van der Waals surface area contributed by atoms with Crippen molar-refractivity contribution in [1.82, 2.24) is 10.4 Å². The van der Waals surface area contributed by atoms with Crippen LogP contribution in [-0.4, -0.2) is 4.98 Å². The van der Waals surface area contributed by atoms with Crippen LogP contribution < -0.4 is 17.0 Å². The van der Waals surface area contributed by atoms with Gasteiger partial charge in [0.1, 0.15) is 5.82 Å². The molecule has 1 atom stereocenters. The maximum atomic E-state index is 6.18. The Bertz CT molecular complexity index is 556. The SMILES string of the molecule is Cc1cnc(N)c(C(NN)c2ccccc2Cl)c1. The Morgan fingerprint density at radius 3 is 2.67 bits per heavy atom. The van der Waals surface area contributed by atoms with Crippen LogP contribution in [0.2, 0.25) is 5.02 Å². The molecule has 2 aromatic rings. The van der Waals surface area contributed by atoms with Gasteiger partial charge in [0.15, 0.2) is 0 Å². The first-order chi connectivity index (χ1) is 8.63. The number of nitrogens with zero attached hydrogens (tertiary/aromatic N) is 1. The Hall–Kier alpha value is -1.62. The predicted molar refractivity (Wildman–Crippen MR) is 74.0 cm³/mol. The zero-order chi connectivity index (χ0) is 13.1. The summed E-state index contributed by atoms with van der Waals surface area (Å²) in [5.41, 5.74) is 11.4. The number of hydrogen-bond donors (Lipinski definition) is 3. The Morgan fingerprint density at radius 1 is 1.28 bits per heavy atom. The van der Waals surface area contributed by atoms with Gasteiger partial charge in [0.25, 0.3) is 0 Å². The number of rotatable bonds is 3. The average molecular weight is 263 g/mol. The van der Waals surface area contributed by atoms with E-state index in [-0.39, 0.29) is 6.04 Å². The number of hydrazine groups is 1. The summed E-state index contributed by atoms with van der Waals surface area (Å²) < 4.78 is 0. The molecule has 0 radical (unpaired) electrons. The second kappa shape index (κ2) is 5.35. The maximum Gasteiger partial charge on any atom is 0.128 e. The second-order valence-corrected chi connectivity index (χ2v) is 4.52. The van der Waals surface area contributed by atoms with E-state index in [9.17, 15) is 0 Å². The number of aromatic nitrogens is 1. The van der Waals surface area contributed by atoms with Gasteiger partial charge >= 0.3 is 0 Å². The molecule has 94 valence electrons. The normalized spacial score (nSPS) is 12.4. The first kappa shape index (κ1) is 12.8. The van der Waals surface area contributed by atoms with Crippen LogP contribution >= 0.6 is 11.6 Å². The quantitative estimate of drug-likeness (QED) is 0.585. The molecule has 5 N–H and O–H groups in total. The lowest BCUT2D eigenvalue weighted by molar-refractivity contribution is 0.636. The van der Waals surface area contributed by atoms with Gasteiger partial charge < -0.3 is 5.73 Å². The summed E-state index contributed by atoms with van der Waals surface area (Å²) >= 11 is 6.18. The van der Waals surface area contributed by atoms with Crippen molar-refractivity contribution in [2.75, 3.05) is 5.73 Å². The van der Waals surface area contributed by atoms with E-state index < -0.39 is 0 Å². The van der Waals surface area contributed by atoms with Crippen molar-refractivity contribution in [2.24, 2.45) is 5.84 Å². The van der Waals surface area contributed by atoms with E-state index in [1.807, 2.05) is 37.3 Å². The smallest absolute Gasteiger partial charge is 0.128 e. The highest BCUT2D eigenvalue weighted by atomic mass is 35.5. The van der Waals surface area contributed by atoms with E-state index in [2.05, 4.69) is 10.4 Å². The van der Waals surface area contributed by atoms with Gasteiger partial charge in [-0.05, 0) is 30.2 Å². The highest BCUT2D eigenvalue weighted by molar-refractivity contribution is 6.31. The molecule has 0 amide bonds. The molecule has 0 aliphatic carbocycles. The summed E-state index contributed by atoms with van der Waals surface area (Å²) in [4.78, 5) is 4.14. The molecule has 1 heterocycles. The lowest BCUT2D eigenvalue weighted by Crippen LogP contribution is -2.30. The van der Waals surface area contributed by atoms with Crippen molar-refractivity contribution in [3.05, 3.63) is 58.2 Å². The van der Waals surface area contributed by atoms with E-state index in [4.69, 9.17) is 23.2 Å². The molecular formula is C13H15ClN4. The van der Waals surface area contributed by atoms with Crippen LogP contribution in [0.25, 0.3) is 0 Å². The summed E-state index contributed by atoms with van der Waals surface area (Å²) in [6, 6.07) is 9.19. The Labute approximate surface area is 111 Å². The monoisotopic (exact) mass is 262 g/mol. The van der Waals surface area contributed by atoms with Gasteiger partial charge in [-0.2, -0.15) is 0 Å². The molecule has 1 aromatic heterocycles. The first-order valence-electron chi connectivity index (χ1n) is 5.56. The van der Waals surface area contributed by atoms with Crippen LogP contribution in [0.15, 0.2) is 36.5 Å². The number of hydrogen-bond acceptors (Lipinski definition) is 4. The van der Waals surface area contributed by atoms with Crippen molar-refractivity contribution < 1.29 is 0 Å². The number of aryl methyl sites for hydroxylation is 1. The highest BCUT2D eigenvalue weighted by Gasteiger charge is 2.18. The summed E-state index contributed by atoms with van der Waals surface area (Å²) in [5, 5.41) is 0.640. The summed E-state index contributed by atoms with van der Waals surface area (Å²) in [5.74, 6) is 6.08. The molecule has 0 bridgehead atoms. The van der Waals surface area contributed by atoms with Crippen LogP contribution in [0, 0.1) is 6.92 Å². The lowest BCUT2D eigenvalue weighted by atomic mass is 9.99. The second-order valence-electron chi connectivity index (χ2n) is 4.11. The van der Waals surface area contributed by atoms with Gasteiger partial charge in [-0.1, -0.05) is 29.8 Å². The molecule has 0 aliphatic rings. The zero-order valence-corrected chi connectivity index (χ0v) is 10.8. The van der Waals surface area contributed by atoms with Crippen LogP contribution in [-0.2, 0) is 0 Å². The van der Waals surface area contributed by atoms with E-state index in [0.717, 1.165) is 16.7 Å². The van der Waals surface area contributed by atoms with Gasteiger partial charge in [-0.3, -0.25) is 5.84 Å². The van der Waals surface area contributed by atoms with Crippen molar-refractivity contribution in [2.45, 2.75) is 13.0 Å². The molecule has 1 aromatic carbocycles. The Morgan fingerprint density at radius 2 is 2.00 bits per heavy atom. The number of anilines is 1. The van der Waals surface area contributed by atoms with E-state index in [1.165, 1.54) is 0 Å². The van der Waals surface area contributed by atoms with Crippen molar-refractivity contribution in [1.29, 1.82) is 0 Å². The molecule has 0 fully saturated rings. The number of halogens is 1. The number of pyridine rings is 1. The Balaban J connectivity index is 2.52. The highest BCUT2D eigenvalue weighted by Crippen LogP contribution is 2.30. The van der Waals surface area contributed by atoms with Crippen LogP contribution in [0.5, 0.6) is 0 Å². The van der Waals surface area contributed by atoms with E-state index in [1.54, 1.807) is 6.20 Å². The molecular weight excluding hydrogens is 248 g/mol. The third kappa shape index (κ3) is 2.46. The molecule has 0 saturated carbocycles. The molecule has 5 heteroatoms. The number of benzene rings is 1. The third-order valence-corrected chi connectivity index (χ3v) is 3.12. The standard InChI is InChI=1S/C13H15ClN4/c1-8-6-10(13(15)17-7-8)12(18-16)9-4-2-3-5-11(9)14/h2-7,12,18H,16H2,1H3,(H2,15,17). The van der Waals surface area contributed by atoms with Gasteiger partial charge in [-0.25, -0.2) is 10.4 Å². The van der Waals surface area contributed by atoms with Crippen molar-refractivity contribution in [3.63, 3.8) is 0 Å². The molecule has 0 spiro atoms. The fourth-order valence-corrected chi connectivity index (χ4v) is 2.13. The molecule has 2 rings (SSSR count). The van der Waals surface area contributed by atoms with E-state index in [0.29, 0.717) is 10.8 Å². The fraction of sp³-hybridized carbons (Fsp3) is 0.154. The average Bonchev–Trinajstić information content (AvgIpc) is 2.36. The van der Waals surface area contributed by atoms with Gasteiger partial charge in [0.2, 0.25) is 0 Å². The van der Waals surface area contributed by atoms with E-state index >= 15 is 0 Å². The number of nitrogen functional groups attached to an aromatic ring is 1. The first-order valence-corrected chi connectivity index (χ1v) is 5.94. The summed E-state index contributed by atoms with van der Waals surface area (Å²) in [6.45, 7) is 1.95. The molecule has 4 nitrogen and oxygen atoms in total. The van der Waals surface area contributed by atoms with Crippen LogP contribution in [0.3, 0.4) is 0 Å². The minimum Gasteiger partial charge on any atom is -0.383 e. The largest absolute Gasteiger partial charge is 0.383 e. The fourth-order valence-electron chi connectivity index (χ4n) is 1.89. The maximum absolute atomic E-state index is 6.18. The Kier molecular flexibility index (Phi) is 3.81. The van der Waals surface area contributed by atoms with Gasteiger partial charge in [-0.15, -0.1) is 0 Å². The van der Waals surface area contributed by atoms with Crippen LogP contribution in [0.1, 0.15) is 22.7 Å². The predicted octanol–water partition coefficient (Wildman–Crippen LogP) is 2.18. The summed E-state index contributed by atoms with van der Waals surface area (Å²) in [6.07, 6.45) is 1.72. The zero-order valence-electron chi connectivity index (χ0n) is 10.0. The lowest BCUT2D eigenvalue weighted by Gasteiger charge is -2.19. The molecule has 1 unspecified atom stereocenters. The van der Waals surface area contributed by atoms with Crippen molar-refractivity contribution in [3.8, 4) is 0 Å². The topological polar surface area (TPSA) is 77.0 Å².